The van der Waals surface area contributed by atoms with Crippen LogP contribution in [0.2, 0.25) is 0 Å². The van der Waals surface area contributed by atoms with Gasteiger partial charge in [-0.2, -0.15) is 0 Å². The van der Waals surface area contributed by atoms with Crippen LogP contribution < -0.4 is 21.1 Å². The predicted octanol–water partition coefficient (Wildman–Crippen LogP) is 2.07. The second-order valence-electron chi connectivity index (χ2n) is 7.98. The molecular weight excluding hydrogens is 394 g/mol. The Bertz CT molecular complexity index is 963. The van der Waals surface area contributed by atoms with E-state index >= 15 is 0 Å². The molecule has 2 saturated heterocycles. The summed E-state index contributed by atoms with van der Waals surface area (Å²) in [6.07, 6.45) is 0. The van der Waals surface area contributed by atoms with Gasteiger partial charge in [-0.25, -0.2) is 10.4 Å². The van der Waals surface area contributed by atoms with E-state index in [4.69, 9.17) is 0 Å². The summed E-state index contributed by atoms with van der Waals surface area (Å²) in [5, 5.41) is 7.26. The lowest BCUT2D eigenvalue weighted by Crippen LogP contribution is -2.55. The monoisotopic (exact) mass is 421 g/mol. The summed E-state index contributed by atoms with van der Waals surface area (Å²) in [6, 6.07) is 16.2. The van der Waals surface area contributed by atoms with Crippen LogP contribution in [0.15, 0.2) is 54.6 Å². The number of fused-ring (bicyclic) bond motifs is 1. The number of carbonyl (C=O) groups is 3. The number of amides is 3. The Morgan fingerprint density at radius 2 is 1.65 bits per heavy atom. The van der Waals surface area contributed by atoms with E-state index in [0.717, 1.165) is 12.2 Å². The van der Waals surface area contributed by atoms with Gasteiger partial charge in [-0.3, -0.25) is 14.4 Å². The third kappa shape index (κ3) is 4.45. The molecule has 3 atom stereocenters. The number of para-hydroxylation sites is 1. The number of hydrogen-bond donors (Lipinski definition) is 3. The minimum absolute atomic E-state index is 0.00758. The van der Waals surface area contributed by atoms with Crippen molar-refractivity contribution >= 4 is 34.8 Å². The van der Waals surface area contributed by atoms with Crippen LogP contribution in [0.3, 0.4) is 0 Å². The van der Waals surface area contributed by atoms with Crippen LogP contribution in [-0.4, -0.2) is 48.3 Å². The largest absolute Gasteiger partial charge is 0.326 e. The van der Waals surface area contributed by atoms with Crippen molar-refractivity contribution in [1.29, 1.82) is 0 Å². The first kappa shape index (κ1) is 21.0. The molecule has 2 heterocycles. The van der Waals surface area contributed by atoms with Crippen LogP contribution in [0.25, 0.3) is 0 Å². The van der Waals surface area contributed by atoms with Crippen molar-refractivity contribution in [3.63, 3.8) is 0 Å². The van der Waals surface area contributed by atoms with Gasteiger partial charge in [0.25, 0.3) is 0 Å². The first-order valence-corrected chi connectivity index (χ1v) is 10.5. The molecular formula is C23H27N5O3. The molecule has 4 rings (SSSR count). The molecule has 2 aromatic carbocycles. The fourth-order valence-electron chi connectivity index (χ4n) is 4.29. The third-order valence-electron chi connectivity index (χ3n) is 5.86. The molecule has 0 radical (unpaired) electrons. The number of anilines is 3. The standard InChI is InChI=1S/C23H27N5O3/c1-3-27-13-19(22(30)25-17-11-9-16(10-12-17)24-15(2)29)21-20(14-27)23(31)28(26-21)18-7-5-4-6-8-18/h4-12,19-21,26H,3,13-14H2,1-2H3,(H,24,29)(H,25,30). The maximum Gasteiger partial charge on any atom is 0.247 e. The number of hydrazine groups is 1. The Balaban J connectivity index is 1.51. The number of nitrogens with one attached hydrogen (secondary N) is 3. The molecule has 0 bridgehead atoms. The summed E-state index contributed by atoms with van der Waals surface area (Å²) in [5.74, 6) is -0.953. The molecule has 0 aliphatic carbocycles. The molecule has 162 valence electrons. The van der Waals surface area contributed by atoms with Crippen molar-refractivity contribution in [3.05, 3.63) is 54.6 Å². The minimum Gasteiger partial charge on any atom is -0.326 e. The van der Waals surface area contributed by atoms with Gasteiger partial charge in [0.2, 0.25) is 17.7 Å². The number of likely N-dealkylation sites (tertiary alicyclic amines) is 1. The molecule has 31 heavy (non-hydrogen) atoms. The molecule has 2 aliphatic rings. The van der Waals surface area contributed by atoms with Crippen LogP contribution in [0.1, 0.15) is 13.8 Å². The van der Waals surface area contributed by atoms with Crippen LogP contribution >= 0.6 is 0 Å². The number of benzene rings is 2. The molecule has 0 spiro atoms. The molecule has 3 unspecified atom stereocenters. The molecule has 3 N–H and O–H groups in total. The van der Waals surface area contributed by atoms with E-state index in [0.29, 0.717) is 24.5 Å². The maximum atomic E-state index is 13.2. The summed E-state index contributed by atoms with van der Waals surface area (Å²) >= 11 is 0. The first-order valence-electron chi connectivity index (χ1n) is 10.5. The van der Waals surface area contributed by atoms with Gasteiger partial charge in [-0.15, -0.1) is 0 Å². The maximum absolute atomic E-state index is 13.2. The van der Waals surface area contributed by atoms with Crippen molar-refractivity contribution in [3.8, 4) is 0 Å². The molecule has 0 saturated carbocycles. The fourth-order valence-corrected chi connectivity index (χ4v) is 4.29. The summed E-state index contributed by atoms with van der Waals surface area (Å²) in [5.41, 5.74) is 5.39. The highest BCUT2D eigenvalue weighted by molar-refractivity contribution is 6.00. The highest BCUT2D eigenvalue weighted by Crippen LogP contribution is 2.32. The van der Waals surface area contributed by atoms with Crippen molar-refractivity contribution in [2.75, 3.05) is 35.3 Å². The zero-order valence-electron chi connectivity index (χ0n) is 17.7. The van der Waals surface area contributed by atoms with E-state index in [9.17, 15) is 14.4 Å². The first-order chi connectivity index (χ1) is 15.0. The minimum atomic E-state index is -0.383. The molecule has 2 fully saturated rings. The smallest absolute Gasteiger partial charge is 0.247 e. The van der Waals surface area contributed by atoms with E-state index in [2.05, 4.69) is 21.0 Å². The molecule has 0 aromatic heterocycles. The Morgan fingerprint density at radius 3 is 2.26 bits per heavy atom. The Kier molecular flexibility index (Phi) is 6.01. The number of piperidine rings is 1. The van der Waals surface area contributed by atoms with Crippen LogP contribution in [-0.2, 0) is 14.4 Å². The third-order valence-corrected chi connectivity index (χ3v) is 5.86. The second-order valence-corrected chi connectivity index (χ2v) is 7.98. The van der Waals surface area contributed by atoms with Gasteiger partial charge in [0, 0.05) is 31.4 Å². The van der Waals surface area contributed by atoms with Gasteiger partial charge in [0.1, 0.15) is 0 Å². The molecule has 3 amide bonds. The predicted molar refractivity (Wildman–Crippen MR) is 119 cm³/mol. The van der Waals surface area contributed by atoms with Gasteiger partial charge in [0.05, 0.1) is 23.6 Å². The number of nitrogens with zero attached hydrogens (tertiary/aromatic N) is 2. The van der Waals surface area contributed by atoms with E-state index in [1.807, 2.05) is 37.3 Å². The topological polar surface area (TPSA) is 93.8 Å². The van der Waals surface area contributed by atoms with Crippen LogP contribution in [0.4, 0.5) is 17.1 Å². The summed E-state index contributed by atoms with van der Waals surface area (Å²) in [6.45, 7) is 5.47. The summed E-state index contributed by atoms with van der Waals surface area (Å²) < 4.78 is 0. The normalized spacial score (nSPS) is 23.4. The van der Waals surface area contributed by atoms with Gasteiger partial charge < -0.3 is 15.5 Å². The van der Waals surface area contributed by atoms with E-state index in [-0.39, 0.29) is 35.6 Å². The zero-order valence-corrected chi connectivity index (χ0v) is 17.7. The van der Waals surface area contributed by atoms with Gasteiger partial charge >= 0.3 is 0 Å². The van der Waals surface area contributed by atoms with Crippen molar-refractivity contribution < 1.29 is 14.4 Å². The lowest BCUT2D eigenvalue weighted by molar-refractivity contribution is -0.126. The Hall–Kier alpha value is -3.23. The van der Waals surface area contributed by atoms with Crippen LogP contribution in [0, 0.1) is 11.8 Å². The lowest BCUT2D eigenvalue weighted by Gasteiger charge is -2.37. The van der Waals surface area contributed by atoms with Crippen LogP contribution in [0.5, 0.6) is 0 Å². The number of carbonyl (C=O) groups excluding carboxylic acids is 3. The summed E-state index contributed by atoms with van der Waals surface area (Å²) in [7, 11) is 0. The highest BCUT2D eigenvalue weighted by atomic mass is 16.2. The number of hydrogen-bond acceptors (Lipinski definition) is 5. The van der Waals surface area contributed by atoms with E-state index < -0.39 is 0 Å². The Morgan fingerprint density at radius 1 is 1.00 bits per heavy atom. The quantitative estimate of drug-likeness (QED) is 0.687. The van der Waals surface area contributed by atoms with Crippen molar-refractivity contribution in [1.82, 2.24) is 10.3 Å². The molecule has 2 aliphatic heterocycles. The fraction of sp³-hybridized carbons (Fsp3) is 0.348. The van der Waals surface area contributed by atoms with Crippen molar-refractivity contribution in [2.45, 2.75) is 19.9 Å². The average Bonchev–Trinajstić information content (AvgIpc) is 3.11. The molecule has 8 nitrogen and oxygen atoms in total. The van der Waals surface area contributed by atoms with Gasteiger partial charge in [-0.05, 0) is 42.9 Å². The Labute approximate surface area is 181 Å². The summed E-state index contributed by atoms with van der Waals surface area (Å²) in [4.78, 5) is 39.7. The van der Waals surface area contributed by atoms with Gasteiger partial charge in [0.15, 0.2) is 0 Å². The molecule has 8 heteroatoms. The van der Waals surface area contributed by atoms with Gasteiger partial charge in [-0.1, -0.05) is 25.1 Å². The zero-order chi connectivity index (χ0) is 22.0. The molecule has 2 aromatic rings. The second kappa shape index (κ2) is 8.87. The van der Waals surface area contributed by atoms with E-state index in [1.165, 1.54) is 6.92 Å². The highest BCUT2D eigenvalue weighted by Gasteiger charge is 2.50. The lowest BCUT2D eigenvalue weighted by atomic mass is 9.84. The number of rotatable bonds is 5. The van der Waals surface area contributed by atoms with Crippen molar-refractivity contribution in [2.24, 2.45) is 11.8 Å². The average molecular weight is 422 g/mol. The SMILES string of the molecule is CCN1CC(C(=O)Nc2ccc(NC(C)=O)cc2)C2NN(c3ccccc3)C(=O)C2C1. The van der Waals surface area contributed by atoms with E-state index in [1.54, 1.807) is 29.3 Å².